The fourth-order valence-electron chi connectivity index (χ4n) is 1.59. The van der Waals surface area contributed by atoms with Gasteiger partial charge in [-0.2, -0.15) is 5.10 Å². The predicted molar refractivity (Wildman–Crippen MR) is 66.2 cm³/mol. The number of nitrogens with one attached hydrogen (secondary N) is 2. The lowest BCUT2D eigenvalue weighted by Crippen LogP contribution is -2.19. The number of rotatable bonds is 5. The van der Waals surface area contributed by atoms with Crippen LogP contribution in [0.15, 0.2) is 24.8 Å². The highest BCUT2D eigenvalue weighted by Gasteiger charge is 2.08. The van der Waals surface area contributed by atoms with Crippen LogP contribution in [0.4, 0.5) is 0 Å². The molecule has 0 unspecified atom stereocenters. The van der Waals surface area contributed by atoms with Crippen molar-refractivity contribution in [3.63, 3.8) is 0 Å². The van der Waals surface area contributed by atoms with E-state index in [9.17, 15) is 0 Å². The highest BCUT2D eigenvalue weighted by Crippen LogP contribution is 2.17. The Bertz CT molecular complexity index is 449. The van der Waals surface area contributed by atoms with E-state index in [0.29, 0.717) is 5.92 Å². The summed E-state index contributed by atoms with van der Waals surface area (Å²) in [5.74, 6) is 0.641. The van der Waals surface area contributed by atoms with Crippen molar-refractivity contribution in [2.24, 2.45) is 5.92 Å². The lowest BCUT2D eigenvalue weighted by molar-refractivity contribution is 0.552. The van der Waals surface area contributed by atoms with E-state index in [0.717, 1.165) is 30.0 Å². The fourth-order valence-corrected chi connectivity index (χ4v) is 1.59. The number of hydrogen-bond donors (Lipinski definition) is 2. The SMILES string of the molecule is CC(C)CNCc1cn[nH]c1-c1cnccn1. The van der Waals surface area contributed by atoms with Crippen molar-refractivity contribution in [3.8, 4) is 11.4 Å². The molecular weight excluding hydrogens is 214 g/mol. The van der Waals surface area contributed by atoms with Gasteiger partial charge in [-0.15, -0.1) is 0 Å². The van der Waals surface area contributed by atoms with Gasteiger partial charge < -0.3 is 5.32 Å². The predicted octanol–water partition coefficient (Wildman–Crippen LogP) is 1.61. The maximum Gasteiger partial charge on any atom is 0.107 e. The summed E-state index contributed by atoms with van der Waals surface area (Å²) in [7, 11) is 0. The molecule has 0 aliphatic carbocycles. The summed E-state index contributed by atoms with van der Waals surface area (Å²) >= 11 is 0. The highest BCUT2D eigenvalue weighted by molar-refractivity contribution is 5.56. The average molecular weight is 231 g/mol. The molecule has 0 aliphatic heterocycles. The first-order valence-corrected chi connectivity index (χ1v) is 5.76. The van der Waals surface area contributed by atoms with Crippen LogP contribution < -0.4 is 5.32 Å². The van der Waals surface area contributed by atoms with Crippen molar-refractivity contribution in [1.29, 1.82) is 0 Å². The first kappa shape index (κ1) is 11.7. The lowest BCUT2D eigenvalue weighted by Gasteiger charge is -2.07. The van der Waals surface area contributed by atoms with Crippen molar-refractivity contribution in [1.82, 2.24) is 25.5 Å². The van der Waals surface area contributed by atoms with E-state index in [2.05, 4.69) is 39.3 Å². The van der Waals surface area contributed by atoms with Crippen LogP contribution in [0, 0.1) is 5.92 Å². The molecule has 0 aliphatic rings. The second kappa shape index (κ2) is 5.54. The highest BCUT2D eigenvalue weighted by atomic mass is 15.1. The van der Waals surface area contributed by atoms with Crippen molar-refractivity contribution in [2.75, 3.05) is 6.54 Å². The molecular formula is C12H17N5. The Labute approximate surface area is 101 Å². The zero-order valence-corrected chi connectivity index (χ0v) is 10.1. The van der Waals surface area contributed by atoms with E-state index in [1.165, 1.54) is 0 Å². The number of H-pyrrole nitrogens is 1. The first-order valence-electron chi connectivity index (χ1n) is 5.76. The van der Waals surface area contributed by atoms with Gasteiger partial charge in [0, 0.05) is 24.5 Å². The molecule has 0 bridgehead atoms. The normalized spacial score (nSPS) is 11.0. The van der Waals surface area contributed by atoms with E-state index in [4.69, 9.17) is 0 Å². The van der Waals surface area contributed by atoms with Gasteiger partial charge in [-0.25, -0.2) is 0 Å². The molecule has 0 aromatic carbocycles. The topological polar surface area (TPSA) is 66.5 Å². The van der Waals surface area contributed by atoms with Crippen molar-refractivity contribution in [3.05, 3.63) is 30.4 Å². The van der Waals surface area contributed by atoms with Crippen molar-refractivity contribution >= 4 is 0 Å². The molecule has 0 radical (unpaired) electrons. The van der Waals surface area contributed by atoms with Gasteiger partial charge in [0.1, 0.15) is 5.69 Å². The second-order valence-electron chi connectivity index (χ2n) is 4.39. The van der Waals surface area contributed by atoms with Crippen LogP contribution in [-0.4, -0.2) is 26.7 Å². The molecule has 0 fully saturated rings. The Balaban J connectivity index is 2.07. The van der Waals surface area contributed by atoms with Crippen LogP contribution in [0.25, 0.3) is 11.4 Å². The fraction of sp³-hybridized carbons (Fsp3) is 0.417. The third kappa shape index (κ3) is 3.10. The van der Waals surface area contributed by atoms with Gasteiger partial charge in [0.15, 0.2) is 0 Å². The third-order valence-corrected chi connectivity index (χ3v) is 2.41. The zero-order valence-electron chi connectivity index (χ0n) is 10.1. The Hall–Kier alpha value is -1.75. The van der Waals surface area contributed by atoms with Gasteiger partial charge >= 0.3 is 0 Å². The molecule has 0 spiro atoms. The maximum atomic E-state index is 4.26. The summed E-state index contributed by atoms with van der Waals surface area (Å²) in [4.78, 5) is 8.32. The van der Waals surface area contributed by atoms with Crippen LogP contribution in [0.5, 0.6) is 0 Å². The lowest BCUT2D eigenvalue weighted by atomic mass is 10.2. The molecule has 0 atom stereocenters. The molecule has 0 saturated carbocycles. The molecule has 5 nitrogen and oxygen atoms in total. The Morgan fingerprint density at radius 3 is 2.88 bits per heavy atom. The van der Waals surface area contributed by atoms with Crippen molar-refractivity contribution in [2.45, 2.75) is 20.4 Å². The quantitative estimate of drug-likeness (QED) is 0.820. The summed E-state index contributed by atoms with van der Waals surface area (Å²) in [6.07, 6.45) is 6.91. The molecule has 2 aromatic heterocycles. The molecule has 0 amide bonds. The number of aromatic amines is 1. The van der Waals surface area contributed by atoms with Gasteiger partial charge in [0.05, 0.1) is 18.1 Å². The standard InChI is InChI=1S/C12H17N5/c1-9(2)5-14-6-10-7-16-17-12(10)11-8-13-3-4-15-11/h3-4,7-9,14H,5-6H2,1-2H3,(H,16,17). The van der Waals surface area contributed by atoms with E-state index >= 15 is 0 Å². The van der Waals surface area contributed by atoms with E-state index in [-0.39, 0.29) is 0 Å². The van der Waals surface area contributed by atoms with Gasteiger partial charge in [0.25, 0.3) is 0 Å². The Morgan fingerprint density at radius 2 is 2.18 bits per heavy atom. The third-order valence-electron chi connectivity index (χ3n) is 2.41. The minimum atomic E-state index is 0.641. The molecule has 2 rings (SSSR count). The summed E-state index contributed by atoms with van der Waals surface area (Å²) in [6.45, 7) is 6.16. The molecule has 17 heavy (non-hydrogen) atoms. The van der Waals surface area contributed by atoms with Crippen LogP contribution in [-0.2, 0) is 6.54 Å². The zero-order chi connectivity index (χ0) is 12.1. The molecule has 2 heterocycles. The average Bonchev–Trinajstić information content (AvgIpc) is 2.78. The van der Waals surface area contributed by atoms with E-state index < -0.39 is 0 Å². The van der Waals surface area contributed by atoms with Gasteiger partial charge in [-0.05, 0) is 12.5 Å². The Morgan fingerprint density at radius 1 is 1.29 bits per heavy atom. The molecule has 5 heteroatoms. The summed E-state index contributed by atoms with van der Waals surface area (Å²) < 4.78 is 0. The largest absolute Gasteiger partial charge is 0.312 e. The van der Waals surface area contributed by atoms with E-state index in [1.807, 2.05) is 6.20 Å². The summed E-state index contributed by atoms with van der Waals surface area (Å²) in [5.41, 5.74) is 2.88. The molecule has 2 N–H and O–H groups in total. The van der Waals surface area contributed by atoms with E-state index in [1.54, 1.807) is 18.6 Å². The number of aromatic nitrogens is 4. The number of nitrogens with zero attached hydrogens (tertiary/aromatic N) is 3. The van der Waals surface area contributed by atoms with Crippen LogP contribution in [0.3, 0.4) is 0 Å². The monoisotopic (exact) mass is 231 g/mol. The Kier molecular flexibility index (Phi) is 3.82. The maximum absolute atomic E-state index is 4.26. The van der Waals surface area contributed by atoms with Gasteiger partial charge in [-0.3, -0.25) is 15.1 Å². The van der Waals surface area contributed by atoms with Gasteiger partial charge in [-0.1, -0.05) is 13.8 Å². The second-order valence-corrected chi connectivity index (χ2v) is 4.39. The smallest absolute Gasteiger partial charge is 0.107 e. The number of hydrogen-bond acceptors (Lipinski definition) is 4. The molecule has 2 aromatic rings. The van der Waals surface area contributed by atoms with Crippen LogP contribution >= 0.6 is 0 Å². The van der Waals surface area contributed by atoms with Gasteiger partial charge in [0.2, 0.25) is 0 Å². The van der Waals surface area contributed by atoms with Crippen LogP contribution in [0.1, 0.15) is 19.4 Å². The minimum Gasteiger partial charge on any atom is -0.312 e. The van der Waals surface area contributed by atoms with Crippen LogP contribution in [0.2, 0.25) is 0 Å². The summed E-state index contributed by atoms with van der Waals surface area (Å²) in [6, 6.07) is 0. The van der Waals surface area contributed by atoms with Crippen molar-refractivity contribution < 1.29 is 0 Å². The first-order chi connectivity index (χ1) is 8.27. The molecule has 90 valence electrons. The summed E-state index contributed by atoms with van der Waals surface area (Å²) in [5, 5.41) is 10.4. The molecule has 0 saturated heterocycles. The minimum absolute atomic E-state index is 0.641.